The molecule has 5 heteroatoms. The maximum atomic E-state index is 10.6. The summed E-state index contributed by atoms with van der Waals surface area (Å²) in [6.07, 6.45) is 0.664. The van der Waals surface area contributed by atoms with Crippen LogP contribution < -0.4 is 10.1 Å². The van der Waals surface area contributed by atoms with Crippen molar-refractivity contribution in [3.63, 3.8) is 0 Å². The van der Waals surface area contributed by atoms with Gasteiger partial charge in [-0.15, -0.1) is 0 Å². The molecule has 0 unspecified atom stereocenters. The van der Waals surface area contributed by atoms with Crippen LogP contribution in [0.2, 0.25) is 5.02 Å². The summed E-state index contributed by atoms with van der Waals surface area (Å²) in [5.74, 6) is 0.817. The highest BCUT2D eigenvalue weighted by Gasteiger charge is 2.08. The van der Waals surface area contributed by atoms with E-state index in [0.717, 1.165) is 16.9 Å². The number of rotatable bonds is 4. The topological polar surface area (TPSA) is 38.3 Å². The zero-order chi connectivity index (χ0) is 12.1. The molecule has 0 saturated heterocycles. The van der Waals surface area contributed by atoms with Crippen molar-refractivity contribution in [2.75, 3.05) is 13.7 Å². The number of halogens is 1. The largest absolute Gasteiger partial charge is 0.496 e. The van der Waals surface area contributed by atoms with Crippen LogP contribution in [0.15, 0.2) is 12.1 Å². The molecule has 1 N–H and O–H groups in total. The van der Waals surface area contributed by atoms with Crippen LogP contribution in [0.5, 0.6) is 5.75 Å². The molecule has 1 aromatic carbocycles. The van der Waals surface area contributed by atoms with Crippen LogP contribution >= 0.6 is 24.2 Å². The number of carbonyl (C=O) groups excluding carboxylic acids is 1. The summed E-state index contributed by atoms with van der Waals surface area (Å²) in [5, 5.41) is 2.95. The van der Waals surface area contributed by atoms with Gasteiger partial charge in [0.1, 0.15) is 5.75 Å². The number of aryl methyl sites for hydroxylation is 1. The number of carbonyl (C=O) groups is 1. The lowest BCUT2D eigenvalue weighted by atomic mass is 10.1. The maximum absolute atomic E-state index is 10.6. The van der Waals surface area contributed by atoms with Gasteiger partial charge in [-0.1, -0.05) is 24.2 Å². The predicted molar refractivity (Wildman–Crippen MR) is 68.8 cm³/mol. The molecule has 1 amide bonds. The third kappa shape index (κ3) is 3.61. The van der Waals surface area contributed by atoms with Crippen LogP contribution in [0.3, 0.4) is 0 Å². The van der Waals surface area contributed by atoms with Crippen LogP contribution in [0.25, 0.3) is 0 Å². The molecule has 1 aromatic rings. The number of hydrogen-bond donors (Lipinski definition) is 2. The highest BCUT2D eigenvalue weighted by Crippen LogP contribution is 2.27. The molecule has 0 aromatic heterocycles. The molecule has 0 aliphatic carbocycles. The van der Waals surface area contributed by atoms with E-state index in [2.05, 4.69) is 17.9 Å². The van der Waals surface area contributed by atoms with Crippen molar-refractivity contribution in [1.29, 1.82) is 0 Å². The van der Waals surface area contributed by atoms with E-state index in [4.69, 9.17) is 16.3 Å². The number of nitrogens with one attached hydrogen (secondary N) is 1. The van der Waals surface area contributed by atoms with Crippen LogP contribution in [-0.2, 0) is 6.42 Å². The maximum Gasteiger partial charge on any atom is 0.275 e. The Morgan fingerprint density at radius 1 is 1.56 bits per heavy atom. The number of ether oxygens (including phenoxy) is 1. The molecule has 0 aliphatic rings. The lowest BCUT2D eigenvalue weighted by Crippen LogP contribution is -2.19. The lowest BCUT2D eigenvalue weighted by molar-refractivity contribution is 0.261. The predicted octanol–water partition coefficient (Wildman–Crippen LogP) is 2.84. The van der Waals surface area contributed by atoms with Gasteiger partial charge in [-0.3, -0.25) is 4.79 Å². The average molecular weight is 260 g/mol. The number of methoxy groups -OCH3 is 1. The first-order chi connectivity index (χ1) is 7.54. The number of benzene rings is 1. The quantitative estimate of drug-likeness (QED) is 0.816. The van der Waals surface area contributed by atoms with E-state index in [1.165, 1.54) is 0 Å². The minimum Gasteiger partial charge on any atom is -0.496 e. The summed E-state index contributed by atoms with van der Waals surface area (Å²) in [6.45, 7) is 2.45. The van der Waals surface area contributed by atoms with Gasteiger partial charge in [0.15, 0.2) is 0 Å². The normalized spacial score (nSPS) is 10.0. The Hall–Kier alpha value is -0.870. The molecule has 0 radical (unpaired) electrons. The highest BCUT2D eigenvalue weighted by molar-refractivity contribution is 7.96. The molecule has 0 spiro atoms. The molecule has 0 fully saturated rings. The Morgan fingerprint density at radius 3 is 2.81 bits per heavy atom. The first-order valence-corrected chi connectivity index (χ1v) is 5.67. The average Bonchev–Trinajstić information content (AvgIpc) is 2.16. The Labute approximate surface area is 106 Å². The number of thiol groups is 1. The number of amides is 1. The summed E-state index contributed by atoms with van der Waals surface area (Å²) >= 11 is 9.59. The SMILES string of the molecule is COc1c(C)cc(Cl)cc1CCNC(=O)S. The van der Waals surface area contributed by atoms with Gasteiger partial charge in [0.25, 0.3) is 5.24 Å². The minimum absolute atomic E-state index is 0.335. The van der Waals surface area contributed by atoms with E-state index < -0.39 is 0 Å². The Bertz CT molecular complexity index is 396. The molecular formula is C11H14ClNO2S. The lowest BCUT2D eigenvalue weighted by Gasteiger charge is -2.12. The molecule has 0 bridgehead atoms. The first kappa shape index (κ1) is 13.2. The van der Waals surface area contributed by atoms with Crippen molar-refractivity contribution in [3.05, 3.63) is 28.3 Å². The van der Waals surface area contributed by atoms with Crippen molar-refractivity contribution >= 4 is 29.5 Å². The Morgan fingerprint density at radius 2 is 2.25 bits per heavy atom. The van der Waals surface area contributed by atoms with Gasteiger partial charge in [0.2, 0.25) is 0 Å². The zero-order valence-electron chi connectivity index (χ0n) is 9.21. The fourth-order valence-electron chi connectivity index (χ4n) is 1.58. The second-order valence-corrected chi connectivity index (χ2v) is 4.24. The molecule has 16 heavy (non-hydrogen) atoms. The van der Waals surface area contributed by atoms with Crippen molar-refractivity contribution in [1.82, 2.24) is 5.32 Å². The molecule has 0 saturated carbocycles. The molecule has 0 heterocycles. The van der Waals surface area contributed by atoms with Crippen molar-refractivity contribution < 1.29 is 9.53 Å². The molecule has 3 nitrogen and oxygen atoms in total. The van der Waals surface area contributed by atoms with Crippen molar-refractivity contribution in [2.24, 2.45) is 0 Å². The van der Waals surface area contributed by atoms with Crippen LogP contribution in [0.4, 0.5) is 4.79 Å². The van der Waals surface area contributed by atoms with E-state index in [0.29, 0.717) is 18.0 Å². The third-order valence-corrected chi connectivity index (χ3v) is 2.57. The van der Waals surface area contributed by atoms with Crippen LogP contribution in [0, 0.1) is 6.92 Å². The fraction of sp³-hybridized carbons (Fsp3) is 0.364. The van der Waals surface area contributed by atoms with Gasteiger partial charge in [0, 0.05) is 11.6 Å². The minimum atomic E-state index is -0.335. The van der Waals surface area contributed by atoms with Crippen LogP contribution in [0.1, 0.15) is 11.1 Å². The van der Waals surface area contributed by atoms with E-state index in [1.807, 2.05) is 19.1 Å². The summed E-state index contributed by atoms with van der Waals surface area (Å²) in [5.41, 5.74) is 1.97. The third-order valence-electron chi connectivity index (χ3n) is 2.19. The molecule has 0 aliphatic heterocycles. The molecule has 0 atom stereocenters. The summed E-state index contributed by atoms with van der Waals surface area (Å²) in [7, 11) is 1.62. The molecule has 1 rings (SSSR count). The second-order valence-electron chi connectivity index (χ2n) is 3.40. The standard InChI is InChI=1S/C11H14ClNO2S/c1-7-5-9(12)6-8(10(7)15-2)3-4-13-11(14)16/h5-6H,3-4H2,1-2H3,(H2,13,14,16). The number of hydrogen-bond acceptors (Lipinski definition) is 2. The summed E-state index contributed by atoms with van der Waals surface area (Å²) in [6, 6.07) is 3.69. The molecule has 88 valence electrons. The molecular weight excluding hydrogens is 246 g/mol. The van der Waals surface area contributed by atoms with Crippen molar-refractivity contribution in [3.8, 4) is 5.75 Å². The van der Waals surface area contributed by atoms with Gasteiger partial charge < -0.3 is 10.1 Å². The summed E-state index contributed by atoms with van der Waals surface area (Å²) < 4.78 is 5.30. The smallest absolute Gasteiger partial charge is 0.275 e. The van der Waals surface area contributed by atoms with E-state index in [1.54, 1.807) is 7.11 Å². The Kier molecular flexibility index (Phi) is 4.96. The van der Waals surface area contributed by atoms with E-state index >= 15 is 0 Å². The zero-order valence-corrected chi connectivity index (χ0v) is 10.9. The van der Waals surface area contributed by atoms with Gasteiger partial charge in [-0.2, -0.15) is 0 Å². The monoisotopic (exact) mass is 259 g/mol. The fourth-order valence-corrected chi connectivity index (χ4v) is 1.99. The Balaban J connectivity index is 2.81. The van der Waals surface area contributed by atoms with Gasteiger partial charge >= 0.3 is 0 Å². The van der Waals surface area contributed by atoms with Crippen LogP contribution in [-0.4, -0.2) is 18.9 Å². The van der Waals surface area contributed by atoms with Gasteiger partial charge in [-0.05, 0) is 36.6 Å². The van der Waals surface area contributed by atoms with Crippen molar-refractivity contribution in [2.45, 2.75) is 13.3 Å². The van der Waals surface area contributed by atoms with Gasteiger partial charge in [0.05, 0.1) is 7.11 Å². The van der Waals surface area contributed by atoms with Gasteiger partial charge in [-0.25, -0.2) is 0 Å². The first-order valence-electron chi connectivity index (χ1n) is 4.84. The van der Waals surface area contributed by atoms with E-state index in [9.17, 15) is 4.79 Å². The van der Waals surface area contributed by atoms with E-state index in [-0.39, 0.29) is 5.24 Å². The second kappa shape index (κ2) is 6.01. The highest BCUT2D eigenvalue weighted by atomic mass is 35.5. The summed E-state index contributed by atoms with van der Waals surface area (Å²) in [4.78, 5) is 10.6.